The lowest BCUT2D eigenvalue weighted by Crippen LogP contribution is -1.78. The molecule has 0 saturated carbocycles. The average molecular weight is 309 g/mol. The number of phenols is 1. The Morgan fingerprint density at radius 2 is 1.42 bits per heavy atom. The summed E-state index contributed by atoms with van der Waals surface area (Å²) in [5, 5.41) is 14.5. The first-order valence-electron chi connectivity index (χ1n) is 8.02. The van der Waals surface area contributed by atoms with Crippen molar-refractivity contribution >= 4 is 32.6 Å². The SMILES string of the molecule is Oc1ccc2ccc3[nH]c4ccc(-c5ccccc5)cc4c3c2c1. The van der Waals surface area contributed by atoms with Crippen LogP contribution in [0.5, 0.6) is 5.75 Å². The minimum Gasteiger partial charge on any atom is -0.508 e. The van der Waals surface area contributed by atoms with Crippen LogP contribution in [0.15, 0.2) is 78.9 Å². The molecule has 0 saturated heterocycles. The third-order valence-electron chi connectivity index (χ3n) is 4.67. The number of fused-ring (bicyclic) bond motifs is 5. The summed E-state index contributed by atoms with van der Waals surface area (Å²) in [6.07, 6.45) is 0. The molecule has 0 atom stereocenters. The summed E-state index contributed by atoms with van der Waals surface area (Å²) in [7, 11) is 0. The van der Waals surface area contributed by atoms with Crippen LogP contribution in [0.2, 0.25) is 0 Å². The van der Waals surface area contributed by atoms with Crippen molar-refractivity contribution in [3.63, 3.8) is 0 Å². The molecular weight excluding hydrogens is 294 g/mol. The van der Waals surface area contributed by atoms with Gasteiger partial charge in [-0.3, -0.25) is 0 Å². The molecule has 0 bridgehead atoms. The van der Waals surface area contributed by atoms with Gasteiger partial charge in [0.25, 0.3) is 0 Å². The van der Waals surface area contributed by atoms with Crippen LogP contribution in [0.3, 0.4) is 0 Å². The normalized spacial score (nSPS) is 11.5. The Morgan fingerprint density at radius 1 is 0.625 bits per heavy atom. The lowest BCUT2D eigenvalue weighted by atomic mass is 10.00. The molecule has 2 heteroatoms. The number of rotatable bonds is 1. The number of nitrogens with one attached hydrogen (secondary N) is 1. The Labute approximate surface area is 139 Å². The number of aromatic nitrogens is 1. The first-order chi connectivity index (χ1) is 11.8. The number of phenolic OH excluding ortho intramolecular Hbond substituents is 1. The molecule has 1 heterocycles. The van der Waals surface area contributed by atoms with Crippen LogP contribution in [0.1, 0.15) is 0 Å². The highest BCUT2D eigenvalue weighted by molar-refractivity contribution is 6.20. The Balaban J connectivity index is 1.91. The second kappa shape index (κ2) is 4.87. The van der Waals surface area contributed by atoms with Gasteiger partial charge < -0.3 is 10.1 Å². The van der Waals surface area contributed by atoms with E-state index in [1.807, 2.05) is 18.2 Å². The maximum absolute atomic E-state index is 9.92. The van der Waals surface area contributed by atoms with Crippen LogP contribution >= 0.6 is 0 Å². The van der Waals surface area contributed by atoms with E-state index in [9.17, 15) is 5.11 Å². The molecule has 0 aliphatic carbocycles. The van der Waals surface area contributed by atoms with Crippen LogP contribution in [0.4, 0.5) is 0 Å². The minimum atomic E-state index is 0.295. The van der Waals surface area contributed by atoms with E-state index in [0.717, 1.165) is 27.2 Å². The molecule has 1 aromatic heterocycles. The topological polar surface area (TPSA) is 36.0 Å². The number of hydrogen-bond donors (Lipinski definition) is 2. The molecule has 0 unspecified atom stereocenters. The molecule has 0 amide bonds. The second-order valence-corrected chi connectivity index (χ2v) is 6.14. The van der Waals surface area contributed by atoms with E-state index >= 15 is 0 Å². The Kier molecular flexibility index (Phi) is 2.68. The Bertz CT molecular complexity index is 1200. The van der Waals surface area contributed by atoms with Gasteiger partial charge in [-0.15, -0.1) is 0 Å². The predicted molar refractivity (Wildman–Crippen MR) is 100 cm³/mol. The number of benzene rings is 4. The summed E-state index contributed by atoms with van der Waals surface area (Å²) < 4.78 is 0. The Morgan fingerprint density at radius 3 is 2.29 bits per heavy atom. The van der Waals surface area contributed by atoms with Gasteiger partial charge >= 0.3 is 0 Å². The van der Waals surface area contributed by atoms with Gasteiger partial charge in [0, 0.05) is 21.8 Å². The first kappa shape index (κ1) is 13.2. The van der Waals surface area contributed by atoms with Crippen molar-refractivity contribution in [2.75, 3.05) is 0 Å². The molecule has 24 heavy (non-hydrogen) atoms. The van der Waals surface area contributed by atoms with Crippen LogP contribution in [-0.4, -0.2) is 10.1 Å². The maximum atomic E-state index is 9.92. The van der Waals surface area contributed by atoms with E-state index in [1.54, 1.807) is 6.07 Å². The zero-order valence-corrected chi connectivity index (χ0v) is 13.0. The van der Waals surface area contributed by atoms with Crippen molar-refractivity contribution in [3.05, 3.63) is 78.9 Å². The molecule has 5 rings (SSSR count). The highest BCUT2D eigenvalue weighted by Crippen LogP contribution is 2.35. The molecule has 0 fully saturated rings. The minimum absolute atomic E-state index is 0.295. The van der Waals surface area contributed by atoms with E-state index in [2.05, 4.69) is 59.6 Å². The first-order valence-corrected chi connectivity index (χ1v) is 8.02. The van der Waals surface area contributed by atoms with Gasteiger partial charge in [-0.1, -0.05) is 48.5 Å². The third kappa shape index (κ3) is 1.90. The van der Waals surface area contributed by atoms with Gasteiger partial charge in [-0.2, -0.15) is 0 Å². The number of aromatic amines is 1. The predicted octanol–water partition coefficient (Wildman–Crippen LogP) is 5.85. The van der Waals surface area contributed by atoms with Crippen LogP contribution in [-0.2, 0) is 0 Å². The largest absolute Gasteiger partial charge is 0.508 e. The lowest BCUT2D eigenvalue weighted by Gasteiger charge is -2.04. The van der Waals surface area contributed by atoms with Crippen molar-refractivity contribution < 1.29 is 5.11 Å². The molecule has 0 aliphatic rings. The van der Waals surface area contributed by atoms with Crippen molar-refractivity contribution in [1.29, 1.82) is 0 Å². The van der Waals surface area contributed by atoms with Gasteiger partial charge in [0.15, 0.2) is 0 Å². The summed E-state index contributed by atoms with van der Waals surface area (Å²) in [5.41, 5.74) is 4.60. The van der Waals surface area contributed by atoms with Gasteiger partial charge in [-0.05, 0) is 52.2 Å². The smallest absolute Gasteiger partial charge is 0.116 e. The fraction of sp³-hybridized carbons (Fsp3) is 0. The maximum Gasteiger partial charge on any atom is 0.116 e. The molecule has 0 spiro atoms. The van der Waals surface area contributed by atoms with Gasteiger partial charge in [0.1, 0.15) is 5.75 Å². The summed E-state index contributed by atoms with van der Waals surface area (Å²) in [5.74, 6) is 0.295. The standard InChI is InChI=1S/C22H15NO/c24-17-9-6-15-7-11-21-22(18(15)13-17)19-12-16(8-10-20(19)23-21)14-4-2-1-3-5-14/h1-13,23-24H. The van der Waals surface area contributed by atoms with Crippen LogP contribution < -0.4 is 0 Å². The molecular formula is C22H15NO. The zero-order chi connectivity index (χ0) is 16.1. The molecule has 114 valence electrons. The molecule has 4 aromatic carbocycles. The monoisotopic (exact) mass is 309 g/mol. The fourth-order valence-corrected chi connectivity index (χ4v) is 3.52. The van der Waals surface area contributed by atoms with Crippen molar-refractivity contribution in [2.24, 2.45) is 0 Å². The average Bonchev–Trinajstić information content (AvgIpc) is 3.00. The van der Waals surface area contributed by atoms with Crippen molar-refractivity contribution in [3.8, 4) is 16.9 Å². The number of hydrogen-bond acceptors (Lipinski definition) is 1. The molecule has 0 radical (unpaired) electrons. The van der Waals surface area contributed by atoms with Gasteiger partial charge in [-0.25, -0.2) is 0 Å². The van der Waals surface area contributed by atoms with Gasteiger partial charge in [0.05, 0.1) is 0 Å². The second-order valence-electron chi connectivity index (χ2n) is 6.14. The highest BCUT2D eigenvalue weighted by Gasteiger charge is 2.10. The molecule has 2 nitrogen and oxygen atoms in total. The highest BCUT2D eigenvalue weighted by atomic mass is 16.3. The van der Waals surface area contributed by atoms with Crippen LogP contribution in [0, 0.1) is 0 Å². The Hall–Kier alpha value is -3.26. The summed E-state index contributed by atoms with van der Waals surface area (Å²) in [6.45, 7) is 0. The summed E-state index contributed by atoms with van der Waals surface area (Å²) in [6, 6.07) is 26.6. The molecule has 5 aromatic rings. The fourth-order valence-electron chi connectivity index (χ4n) is 3.52. The van der Waals surface area contributed by atoms with Crippen molar-refractivity contribution in [1.82, 2.24) is 4.98 Å². The molecule has 0 aliphatic heterocycles. The van der Waals surface area contributed by atoms with E-state index in [0.29, 0.717) is 5.75 Å². The van der Waals surface area contributed by atoms with E-state index < -0.39 is 0 Å². The van der Waals surface area contributed by atoms with Crippen LogP contribution in [0.25, 0.3) is 43.7 Å². The number of aromatic hydroxyl groups is 1. The summed E-state index contributed by atoms with van der Waals surface area (Å²) in [4.78, 5) is 3.49. The van der Waals surface area contributed by atoms with E-state index in [4.69, 9.17) is 0 Å². The van der Waals surface area contributed by atoms with Crippen molar-refractivity contribution in [2.45, 2.75) is 0 Å². The quantitative estimate of drug-likeness (QED) is 0.400. The summed E-state index contributed by atoms with van der Waals surface area (Å²) >= 11 is 0. The van der Waals surface area contributed by atoms with E-state index in [1.165, 1.54) is 16.5 Å². The zero-order valence-electron chi connectivity index (χ0n) is 13.0. The van der Waals surface area contributed by atoms with Gasteiger partial charge in [0.2, 0.25) is 0 Å². The van der Waals surface area contributed by atoms with E-state index in [-0.39, 0.29) is 0 Å². The molecule has 2 N–H and O–H groups in total. The lowest BCUT2D eigenvalue weighted by molar-refractivity contribution is 0.476. The third-order valence-corrected chi connectivity index (χ3v) is 4.67. The number of H-pyrrole nitrogens is 1.